The maximum atomic E-state index is 11.8. The van der Waals surface area contributed by atoms with E-state index in [-0.39, 0.29) is 17.9 Å². The van der Waals surface area contributed by atoms with Gasteiger partial charge in [0.1, 0.15) is 0 Å². The summed E-state index contributed by atoms with van der Waals surface area (Å²) in [5, 5.41) is 2.79. The van der Waals surface area contributed by atoms with E-state index in [1.807, 2.05) is 24.0 Å². The molecule has 1 aliphatic rings. The molecule has 0 radical (unpaired) electrons. The van der Waals surface area contributed by atoms with Gasteiger partial charge in [0.2, 0.25) is 5.91 Å². The number of anilines is 1. The normalized spacial score (nSPS) is 17.8. The molecule has 1 aliphatic heterocycles. The van der Waals surface area contributed by atoms with E-state index in [9.17, 15) is 9.59 Å². The minimum Gasteiger partial charge on any atom is -0.352 e. The molecule has 1 heterocycles. The molecule has 0 bridgehead atoms. The third-order valence-corrected chi connectivity index (χ3v) is 3.55. The summed E-state index contributed by atoms with van der Waals surface area (Å²) in [5.41, 5.74) is 2.69. The molecule has 0 aromatic heterocycles. The van der Waals surface area contributed by atoms with Gasteiger partial charge >= 0.3 is 0 Å². The van der Waals surface area contributed by atoms with Crippen LogP contribution in [0.3, 0.4) is 0 Å². The number of fused-ring (bicyclic) bond motifs is 1. The second-order valence-electron chi connectivity index (χ2n) is 4.98. The van der Waals surface area contributed by atoms with Crippen LogP contribution in [0, 0.1) is 0 Å². The van der Waals surface area contributed by atoms with Crippen molar-refractivity contribution in [1.82, 2.24) is 5.32 Å². The molecule has 0 saturated heterocycles. The Morgan fingerprint density at radius 2 is 2.16 bits per heavy atom. The summed E-state index contributed by atoms with van der Waals surface area (Å²) in [7, 11) is 0. The zero-order valence-electron chi connectivity index (χ0n) is 11.7. The lowest BCUT2D eigenvalue weighted by atomic mass is 9.94. The Morgan fingerprint density at radius 1 is 1.42 bits per heavy atom. The van der Waals surface area contributed by atoms with Crippen molar-refractivity contribution in [1.29, 1.82) is 0 Å². The summed E-state index contributed by atoms with van der Waals surface area (Å²) in [6.45, 7) is 6.16. The second kappa shape index (κ2) is 5.43. The maximum absolute atomic E-state index is 11.8. The number of nitrogens with zero attached hydrogens (tertiary/aromatic N) is 1. The number of carbonyl (C=O) groups excluding carboxylic acids is 2. The Bertz CT molecular complexity index is 511. The number of hydrogen-bond donors (Lipinski definition) is 1. The monoisotopic (exact) mass is 260 g/mol. The summed E-state index contributed by atoms with van der Waals surface area (Å²) in [6, 6.07) is 5.80. The average molecular weight is 260 g/mol. The Hall–Kier alpha value is -1.84. The predicted octanol–water partition coefficient (Wildman–Crippen LogP) is 2.12. The van der Waals surface area contributed by atoms with E-state index in [1.165, 1.54) is 0 Å². The second-order valence-corrected chi connectivity index (χ2v) is 4.98. The van der Waals surface area contributed by atoms with Crippen molar-refractivity contribution in [3.63, 3.8) is 0 Å². The number of benzene rings is 1. The Balaban J connectivity index is 2.36. The summed E-state index contributed by atoms with van der Waals surface area (Å²) < 4.78 is 0. The lowest BCUT2D eigenvalue weighted by molar-refractivity contribution is -0.117. The third-order valence-electron chi connectivity index (χ3n) is 3.55. The van der Waals surface area contributed by atoms with Gasteiger partial charge in [-0.2, -0.15) is 0 Å². The quantitative estimate of drug-likeness (QED) is 0.885. The van der Waals surface area contributed by atoms with Crippen molar-refractivity contribution in [2.24, 2.45) is 0 Å². The van der Waals surface area contributed by atoms with E-state index >= 15 is 0 Å². The highest BCUT2D eigenvalue weighted by Gasteiger charge is 2.26. The van der Waals surface area contributed by atoms with Gasteiger partial charge < -0.3 is 10.2 Å². The zero-order chi connectivity index (χ0) is 14.0. The Kier molecular flexibility index (Phi) is 3.88. The van der Waals surface area contributed by atoms with Crippen LogP contribution in [-0.4, -0.2) is 24.4 Å². The number of rotatable bonds is 2. The largest absolute Gasteiger partial charge is 0.352 e. The van der Waals surface area contributed by atoms with E-state index < -0.39 is 0 Å². The molecule has 1 atom stereocenters. The fraction of sp³-hybridized carbons (Fsp3) is 0.467. The minimum absolute atomic E-state index is 0.0548. The summed E-state index contributed by atoms with van der Waals surface area (Å²) in [5.74, 6) is -0.00231. The van der Waals surface area contributed by atoms with Crippen LogP contribution in [0.4, 0.5) is 5.69 Å². The molecule has 0 spiro atoms. The van der Waals surface area contributed by atoms with Gasteiger partial charge in [-0.05, 0) is 50.5 Å². The van der Waals surface area contributed by atoms with E-state index in [0.29, 0.717) is 12.1 Å². The lowest BCUT2D eigenvalue weighted by Gasteiger charge is -2.34. The molecule has 102 valence electrons. The van der Waals surface area contributed by atoms with Gasteiger partial charge in [-0.25, -0.2) is 0 Å². The van der Waals surface area contributed by atoms with Crippen LogP contribution in [0.1, 0.15) is 43.1 Å². The van der Waals surface area contributed by atoms with Crippen LogP contribution in [0.2, 0.25) is 0 Å². The van der Waals surface area contributed by atoms with Crippen LogP contribution in [0.5, 0.6) is 0 Å². The van der Waals surface area contributed by atoms with Gasteiger partial charge in [-0.3, -0.25) is 9.59 Å². The smallest absolute Gasteiger partial charge is 0.251 e. The molecule has 1 N–H and O–H groups in total. The van der Waals surface area contributed by atoms with E-state index in [0.717, 1.165) is 24.1 Å². The highest BCUT2D eigenvalue weighted by atomic mass is 16.2. The molecular weight excluding hydrogens is 240 g/mol. The van der Waals surface area contributed by atoms with Crippen molar-refractivity contribution in [2.75, 3.05) is 11.4 Å². The topological polar surface area (TPSA) is 49.4 Å². The molecule has 0 saturated carbocycles. The first-order valence-corrected chi connectivity index (χ1v) is 6.75. The van der Waals surface area contributed by atoms with Gasteiger partial charge in [0.25, 0.3) is 5.91 Å². The number of nitrogens with one attached hydrogen (secondary N) is 1. The van der Waals surface area contributed by atoms with Gasteiger partial charge in [-0.1, -0.05) is 0 Å². The fourth-order valence-corrected chi connectivity index (χ4v) is 2.64. The molecule has 0 unspecified atom stereocenters. The van der Waals surface area contributed by atoms with Crippen molar-refractivity contribution < 1.29 is 9.59 Å². The first-order chi connectivity index (χ1) is 9.04. The van der Waals surface area contributed by atoms with Crippen molar-refractivity contribution in [3.8, 4) is 0 Å². The highest BCUT2D eigenvalue weighted by molar-refractivity contribution is 5.97. The van der Waals surface area contributed by atoms with Crippen molar-refractivity contribution in [2.45, 2.75) is 39.7 Å². The van der Waals surface area contributed by atoms with Crippen LogP contribution in [-0.2, 0) is 11.2 Å². The summed E-state index contributed by atoms with van der Waals surface area (Å²) >= 11 is 0. The van der Waals surface area contributed by atoms with E-state index in [2.05, 4.69) is 12.2 Å². The highest BCUT2D eigenvalue weighted by Crippen LogP contribution is 2.31. The number of carbonyl (C=O) groups is 2. The number of amides is 2. The van der Waals surface area contributed by atoms with Gasteiger partial charge in [-0.15, -0.1) is 0 Å². The molecular formula is C15H20N2O2. The van der Waals surface area contributed by atoms with Crippen LogP contribution >= 0.6 is 0 Å². The first kappa shape index (κ1) is 13.6. The molecule has 0 aliphatic carbocycles. The van der Waals surface area contributed by atoms with Gasteiger partial charge in [0, 0.05) is 30.8 Å². The number of hydrogen-bond acceptors (Lipinski definition) is 2. The first-order valence-electron chi connectivity index (χ1n) is 6.75. The van der Waals surface area contributed by atoms with Crippen LogP contribution in [0.15, 0.2) is 18.2 Å². The standard InChI is InChI=1S/C15H20N2O2/c1-4-16-15(19)13-7-8-14-12(9-13)6-5-10(2)17(14)11(3)18/h7-10H,4-6H2,1-3H3,(H,16,19)/t10-/m0/s1. The van der Waals surface area contributed by atoms with Crippen LogP contribution in [0.25, 0.3) is 0 Å². The van der Waals surface area contributed by atoms with Crippen LogP contribution < -0.4 is 10.2 Å². The Labute approximate surface area is 113 Å². The molecule has 4 nitrogen and oxygen atoms in total. The predicted molar refractivity (Wildman–Crippen MR) is 75.4 cm³/mol. The fourth-order valence-electron chi connectivity index (χ4n) is 2.64. The SMILES string of the molecule is CCNC(=O)c1ccc2c(c1)CC[C@H](C)N2C(C)=O. The molecule has 2 rings (SSSR count). The molecule has 0 fully saturated rings. The van der Waals surface area contributed by atoms with Gasteiger partial charge in [0.15, 0.2) is 0 Å². The minimum atomic E-state index is -0.0571. The molecule has 2 amide bonds. The number of aryl methyl sites for hydroxylation is 1. The molecule has 1 aromatic rings. The third kappa shape index (κ3) is 2.62. The molecule has 19 heavy (non-hydrogen) atoms. The van der Waals surface area contributed by atoms with Crippen molar-refractivity contribution in [3.05, 3.63) is 29.3 Å². The molecule has 1 aromatic carbocycles. The average Bonchev–Trinajstić information content (AvgIpc) is 2.37. The molecule has 4 heteroatoms. The van der Waals surface area contributed by atoms with E-state index in [1.54, 1.807) is 13.0 Å². The zero-order valence-corrected chi connectivity index (χ0v) is 11.7. The maximum Gasteiger partial charge on any atom is 0.251 e. The van der Waals surface area contributed by atoms with Crippen molar-refractivity contribution >= 4 is 17.5 Å². The Morgan fingerprint density at radius 3 is 2.79 bits per heavy atom. The summed E-state index contributed by atoms with van der Waals surface area (Å²) in [6.07, 6.45) is 1.85. The summed E-state index contributed by atoms with van der Waals surface area (Å²) in [4.78, 5) is 25.4. The van der Waals surface area contributed by atoms with Gasteiger partial charge in [0.05, 0.1) is 0 Å². The van der Waals surface area contributed by atoms with E-state index in [4.69, 9.17) is 0 Å². The lowest BCUT2D eigenvalue weighted by Crippen LogP contribution is -2.40.